The number of amides is 1. The summed E-state index contributed by atoms with van der Waals surface area (Å²) in [6.45, 7) is 7.69. The number of hydrogen-bond acceptors (Lipinski definition) is 5. The van der Waals surface area contributed by atoms with Crippen LogP contribution in [0.15, 0.2) is 23.1 Å². The predicted molar refractivity (Wildman–Crippen MR) is 99.3 cm³/mol. The Morgan fingerprint density at radius 3 is 2.64 bits per heavy atom. The maximum absolute atomic E-state index is 12.0. The Balaban J connectivity index is 2.55. The minimum absolute atomic E-state index is 0.0803. The fraction of sp³-hybridized carbons (Fsp3) is 0.400. The monoisotopic (exact) mass is 353 g/mol. The number of nitriles is 1. The van der Waals surface area contributed by atoms with E-state index in [1.54, 1.807) is 0 Å². The molecule has 1 rings (SSSR count). The fourth-order valence-electron chi connectivity index (χ4n) is 1.78. The average molecular weight is 354 g/mol. The number of thiocarbonyl (C=S) groups is 1. The number of benzene rings is 1. The maximum atomic E-state index is 12.0. The molecule has 7 heteroatoms. The van der Waals surface area contributed by atoms with Crippen LogP contribution < -0.4 is 5.32 Å². The predicted octanol–water partition coefficient (Wildman–Crippen LogP) is 3.87. The highest BCUT2D eigenvalue weighted by Crippen LogP contribution is 2.23. The molecule has 0 radical (unpaired) electrons. The number of nitrogens with zero attached hydrogens (tertiary/aromatic N) is 2. The van der Waals surface area contributed by atoms with Crippen LogP contribution in [0.1, 0.15) is 19.4 Å². The van der Waals surface area contributed by atoms with E-state index in [0.717, 1.165) is 45.3 Å². The third-order valence-electron chi connectivity index (χ3n) is 2.98. The molecular formula is C15H19N3OS3. The van der Waals surface area contributed by atoms with Gasteiger partial charge in [0.15, 0.2) is 0 Å². The molecular weight excluding hydrogens is 334 g/mol. The number of carbonyl (C=O) groups excluding carboxylic acids is 1. The summed E-state index contributed by atoms with van der Waals surface area (Å²) in [5, 5.41) is 13.6. The van der Waals surface area contributed by atoms with Gasteiger partial charge in [-0.1, -0.05) is 24.0 Å². The van der Waals surface area contributed by atoms with Crippen LogP contribution in [0.5, 0.6) is 0 Å². The molecule has 0 aliphatic heterocycles. The zero-order valence-electron chi connectivity index (χ0n) is 12.9. The lowest BCUT2D eigenvalue weighted by atomic mass is 10.2. The Bertz CT molecular complexity index is 580. The van der Waals surface area contributed by atoms with Crippen LogP contribution in [0.4, 0.5) is 5.69 Å². The van der Waals surface area contributed by atoms with E-state index in [4.69, 9.17) is 17.5 Å². The Kier molecular flexibility index (Phi) is 8.31. The molecule has 0 spiro atoms. The molecule has 1 aromatic carbocycles. The number of hydrogen-bond donors (Lipinski definition) is 1. The first-order valence-corrected chi connectivity index (χ1v) is 9.11. The summed E-state index contributed by atoms with van der Waals surface area (Å²) in [5.41, 5.74) is 1.70. The number of aryl methyl sites for hydroxylation is 1. The number of rotatable bonds is 6. The van der Waals surface area contributed by atoms with Gasteiger partial charge in [0.25, 0.3) is 0 Å². The van der Waals surface area contributed by atoms with Crippen LogP contribution in [0.25, 0.3) is 0 Å². The number of thioether (sulfide) groups is 2. The summed E-state index contributed by atoms with van der Waals surface area (Å²) in [4.78, 5) is 14.9. The summed E-state index contributed by atoms with van der Waals surface area (Å²) in [6.07, 6.45) is 0. The quantitative estimate of drug-likeness (QED) is 0.476. The lowest BCUT2D eigenvalue weighted by Gasteiger charge is -2.20. The molecule has 22 heavy (non-hydrogen) atoms. The molecule has 0 unspecified atom stereocenters. The van der Waals surface area contributed by atoms with Crippen molar-refractivity contribution in [3.63, 3.8) is 0 Å². The summed E-state index contributed by atoms with van der Waals surface area (Å²) in [7, 11) is 0. The summed E-state index contributed by atoms with van der Waals surface area (Å²) >= 11 is 7.79. The van der Waals surface area contributed by atoms with Crippen molar-refractivity contribution in [1.29, 1.82) is 5.26 Å². The van der Waals surface area contributed by atoms with E-state index in [9.17, 15) is 4.79 Å². The Morgan fingerprint density at radius 2 is 2.09 bits per heavy atom. The topological polar surface area (TPSA) is 56.1 Å². The van der Waals surface area contributed by atoms with Crippen molar-refractivity contribution in [2.75, 3.05) is 24.2 Å². The van der Waals surface area contributed by atoms with Crippen molar-refractivity contribution in [3.05, 3.63) is 23.8 Å². The van der Waals surface area contributed by atoms with Crippen LogP contribution in [0, 0.1) is 17.6 Å². The number of anilines is 1. The highest BCUT2D eigenvalue weighted by Gasteiger charge is 2.10. The molecule has 0 fully saturated rings. The first-order valence-electron chi connectivity index (χ1n) is 6.89. The van der Waals surface area contributed by atoms with Gasteiger partial charge in [-0.15, -0.1) is 0 Å². The maximum Gasteiger partial charge on any atom is 0.234 e. The van der Waals surface area contributed by atoms with Gasteiger partial charge < -0.3 is 10.2 Å². The molecule has 4 nitrogen and oxygen atoms in total. The molecule has 0 bridgehead atoms. The lowest BCUT2D eigenvalue weighted by molar-refractivity contribution is -0.113. The molecule has 118 valence electrons. The SMILES string of the molecule is CCN(CC)C(=S)SCC(=O)Nc1ccc(SC#N)cc1C. The molecule has 1 amide bonds. The second kappa shape index (κ2) is 9.72. The zero-order chi connectivity index (χ0) is 16.5. The summed E-state index contributed by atoms with van der Waals surface area (Å²) in [5.74, 6) is 0.215. The van der Waals surface area contributed by atoms with Gasteiger partial charge in [-0.25, -0.2) is 0 Å². The average Bonchev–Trinajstić information content (AvgIpc) is 2.49. The van der Waals surface area contributed by atoms with Gasteiger partial charge >= 0.3 is 0 Å². The van der Waals surface area contributed by atoms with Crippen LogP contribution in [0.2, 0.25) is 0 Å². The molecule has 0 aromatic heterocycles. The van der Waals surface area contributed by atoms with Crippen LogP contribution in [0.3, 0.4) is 0 Å². The summed E-state index contributed by atoms with van der Waals surface area (Å²) in [6, 6.07) is 5.53. The normalized spacial score (nSPS) is 9.91. The molecule has 0 heterocycles. The van der Waals surface area contributed by atoms with E-state index in [-0.39, 0.29) is 5.91 Å². The Morgan fingerprint density at radius 1 is 1.41 bits per heavy atom. The highest BCUT2D eigenvalue weighted by atomic mass is 32.2. The van der Waals surface area contributed by atoms with Gasteiger partial charge in [-0.05, 0) is 56.3 Å². The second-order valence-corrected chi connectivity index (χ2v) is 6.91. The van der Waals surface area contributed by atoms with Crippen molar-refractivity contribution >= 4 is 51.7 Å². The Hall–Kier alpha value is -1.23. The molecule has 1 aromatic rings. The third-order valence-corrected chi connectivity index (χ3v) is 5.09. The molecule has 0 aliphatic carbocycles. The Labute approximate surface area is 145 Å². The van der Waals surface area contributed by atoms with E-state index in [2.05, 4.69) is 5.32 Å². The third kappa shape index (κ3) is 5.87. The van der Waals surface area contributed by atoms with Gasteiger partial charge in [0.2, 0.25) is 5.91 Å². The van der Waals surface area contributed by atoms with E-state index in [1.807, 2.05) is 49.3 Å². The van der Waals surface area contributed by atoms with E-state index < -0.39 is 0 Å². The molecule has 0 aliphatic rings. The highest BCUT2D eigenvalue weighted by molar-refractivity contribution is 8.23. The first kappa shape index (κ1) is 18.8. The van der Waals surface area contributed by atoms with E-state index in [1.165, 1.54) is 11.8 Å². The number of carbonyl (C=O) groups is 1. The standard InChI is InChI=1S/C15H19N3OS3/c1-4-18(5-2)15(20)21-9-14(19)17-13-7-6-12(22-10-16)8-11(13)3/h6-8H,4-5,9H2,1-3H3,(H,17,19). The minimum atomic E-state index is -0.0803. The van der Waals surface area contributed by atoms with Crippen LogP contribution >= 0.6 is 35.7 Å². The summed E-state index contributed by atoms with van der Waals surface area (Å²) < 4.78 is 0.748. The van der Waals surface area contributed by atoms with Crippen molar-refractivity contribution in [2.45, 2.75) is 25.7 Å². The smallest absolute Gasteiger partial charge is 0.234 e. The molecule has 0 saturated heterocycles. The number of thiocyanates is 1. The van der Waals surface area contributed by atoms with Gasteiger partial charge in [-0.2, -0.15) is 5.26 Å². The van der Waals surface area contributed by atoms with Gasteiger partial charge in [-0.3, -0.25) is 4.79 Å². The van der Waals surface area contributed by atoms with Crippen molar-refractivity contribution < 1.29 is 4.79 Å². The second-order valence-electron chi connectivity index (χ2n) is 4.45. The lowest BCUT2D eigenvalue weighted by Crippen LogP contribution is -2.28. The van der Waals surface area contributed by atoms with Crippen LogP contribution in [-0.4, -0.2) is 34.0 Å². The number of nitrogens with one attached hydrogen (secondary N) is 1. The van der Waals surface area contributed by atoms with Crippen molar-refractivity contribution in [2.24, 2.45) is 0 Å². The van der Waals surface area contributed by atoms with Crippen molar-refractivity contribution in [3.8, 4) is 5.40 Å². The molecule has 0 saturated carbocycles. The van der Waals surface area contributed by atoms with Crippen LogP contribution in [-0.2, 0) is 4.79 Å². The van der Waals surface area contributed by atoms with Gasteiger partial charge in [0, 0.05) is 23.7 Å². The molecule has 1 N–H and O–H groups in total. The van der Waals surface area contributed by atoms with Gasteiger partial charge in [0.05, 0.1) is 5.75 Å². The van der Waals surface area contributed by atoms with Crippen molar-refractivity contribution in [1.82, 2.24) is 4.90 Å². The minimum Gasteiger partial charge on any atom is -0.358 e. The molecule has 0 atom stereocenters. The largest absolute Gasteiger partial charge is 0.358 e. The zero-order valence-corrected chi connectivity index (χ0v) is 15.3. The first-order chi connectivity index (χ1) is 10.5. The van der Waals surface area contributed by atoms with Gasteiger partial charge in [0.1, 0.15) is 9.72 Å². The fourth-order valence-corrected chi connectivity index (χ4v) is 3.46. The van der Waals surface area contributed by atoms with E-state index in [0.29, 0.717) is 5.75 Å². The van der Waals surface area contributed by atoms with E-state index >= 15 is 0 Å².